The Kier molecular flexibility index (Phi) is 4.50. The Balaban J connectivity index is 2.00. The number of aliphatic hydroxyl groups excluding tert-OH is 1. The van der Waals surface area contributed by atoms with Crippen molar-refractivity contribution < 1.29 is 5.11 Å². The zero-order valence-corrected chi connectivity index (χ0v) is 12.8. The van der Waals surface area contributed by atoms with Crippen LogP contribution in [0.3, 0.4) is 0 Å². The van der Waals surface area contributed by atoms with Gasteiger partial charge >= 0.3 is 0 Å². The minimum atomic E-state index is -0.249. The van der Waals surface area contributed by atoms with E-state index in [-0.39, 0.29) is 6.10 Å². The molecular weight excluding hydrogens is 240 g/mol. The number of aliphatic hydroxyl groups is 1. The minimum absolute atomic E-state index is 0.249. The summed E-state index contributed by atoms with van der Waals surface area (Å²) in [6.45, 7) is 6.72. The van der Waals surface area contributed by atoms with Crippen molar-refractivity contribution in [3.8, 4) is 0 Å². The van der Waals surface area contributed by atoms with E-state index in [1.54, 1.807) is 0 Å². The van der Waals surface area contributed by atoms with Gasteiger partial charge in [-0.1, -0.05) is 27.2 Å². The van der Waals surface area contributed by atoms with Gasteiger partial charge in [0.1, 0.15) is 0 Å². The second kappa shape index (κ2) is 5.75. The van der Waals surface area contributed by atoms with Gasteiger partial charge in [-0.05, 0) is 55.6 Å². The quantitative estimate of drug-likeness (QED) is 0.773. The molecule has 0 fully saturated rings. The summed E-state index contributed by atoms with van der Waals surface area (Å²) in [5, 5.41) is 10.3. The lowest BCUT2D eigenvalue weighted by molar-refractivity contribution is 0.151. The first-order valence-electron chi connectivity index (χ1n) is 7.25. The van der Waals surface area contributed by atoms with Crippen LogP contribution in [0.4, 0.5) is 0 Å². The lowest BCUT2D eigenvalue weighted by Gasteiger charge is -2.19. The van der Waals surface area contributed by atoms with E-state index in [9.17, 15) is 5.11 Å². The summed E-state index contributed by atoms with van der Waals surface area (Å²) < 4.78 is 0. The third-order valence-electron chi connectivity index (χ3n) is 3.76. The van der Waals surface area contributed by atoms with Crippen molar-refractivity contribution in [3.05, 3.63) is 21.4 Å². The predicted molar refractivity (Wildman–Crippen MR) is 79.2 cm³/mol. The van der Waals surface area contributed by atoms with Gasteiger partial charge in [0, 0.05) is 9.75 Å². The highest BCUT2D eigenvalue weighted by Crippen LogP contribution is 2.35. The maximum Gasteiger partial charge on any atom is 0.0882 e. The highest BCUT2D eigenvalue weighted by Gasteiger charge is 2.19. The maximum atomic E-state index is 10.3. The van der Waals surface area contributed by atoms with Gasteiger partial charge in [-0.15, -0.1) is 11.3 Å². The van der Waals surface area contributed by atoms with Crippen LogP contribution in [-0.2, 0) is 12.8 Å². The van der Waals surface area contributed by atoms with Gasteiger partial charge in [0.25, 0.3) is 0 Å². The molecule has 0 aliphatic heterocycles. The van der Waals surface area contributed by atoms with Gasteiger partial charge < -0.3 is 5.11 Å². The fraction of sp³-hybridized carbons (Fsp3) is 0.750. The molecule has 1 heterocycles. The van der Waals surface area contributed by atoms with Gasteiger partial charge in [0.15, 0.2) is 0 Å². The second-order valence-electron chi connectivity index (χ2n) is 6.77. The molecule has 2 rings (SSSR count). The second-order valence-corrected chi connectivity index (χ2v) is 7.94. The minimum Gasteiger partial charge on any atom is -0.388 e. The van der Waals surface area contributed by atoms with E-state index < -0.39 is 0 Å². The average molecular weight is 266 g/mol. The first-order valence-corrected chi connectivity index (χ1v) is 8.07. The Morgan fingerprint density at radius 1 is 1.22 bits per heavy atom. The van der Waals surface area contributed by atoms with Crippen LogP contribution in [0.15, 0.2) is 6.07 Å². The summed E-state index contributed by atoms with van der Waals surface area (Å²) in [5.41, 5.74) is 1.83. The first kappa shape index (κ1) is 14.1. The number of fused-ring (bicyclic) bond motifs is 1. The van der Waals surface area contributed by atoms with E-state index in [0.717, 1.165) is 12.8 Å². The van der Waals surface area contributed by atoms with Crippen LogP contribution in [0, 0.1) is 5.41 Å². The molecule has 1 N–H and O–H groups in total. The van der Waals surface area contributed by atoms with Crippen molar-refractivity contribution in [2.24, 2.45) is 5.41 Å². The standard InChI is InChI=1S/C16H26OS/c1-16(2,3)10-9-13(17)15-11-12-7-5-4-6-8-14(12)18-15/h11,13,17H,4-10H2,1-3H3. The van der Waals surface area contributed by atoms with E-state index in [1.165, 1.54) is 47.4 Å². The third kappa shape index (κ3) is 3.83. The molecule has 1 aliphatic rings. The molecule has 1 nitrogen and oxygen atoms in total. The third-order valence-corrected chi connectivity index (χ3v) is 5.10. The SMILES string of the molecule is CC(C)(C)CCC(O)c1cc2c(s1)CCCCC2. The summed E-state index contributed by atoms with van der Waals surface area (Å²) in [7, 11) is 0. The van der Waals surface area contributed by atoms with Crippen LogP contribution in [0.1, 0.15) is 74.3 Å². The van der Waals surface area contributed by atoms with Gasteiger partial charge in [0.05, 0.1) is 6.10 Å². The lowest BCUT2D eigenvalue weighted by Crippen LogP contribution is -2.07. The summed E-state index contributed by atoms with van der Waals surface area (Å²) in [6, 6.07) is 2.28. The van der Waals surface area contributed by atoms with Crippen LogP contribution in [0.2, 0.25) is 0 Å². The Bertz CT molecular complexity index is 363. The molecule has 0 saturated heterocycles. The van der Waals surface area contributed by atoms with Crippen LogP contribution in [0.5, 0.6) is 0 Å². The molecule has 0 saturated carbocycles. The van der Waals surface area contributed by atoms with Crippen molar-refractivity contribution in [1.29, 1.82) is 0 Å². The molecule has 1 unspecified atom stereocenters. The molecule has 0 spiro atoms. The molecule has 2 heteroatoms. The Morgan fingerprint density at radius 2 is 1.94 bits per heavy atom. The highest BCUT2D eigenvalue weighted by molar-refractivity contribution is 7.12. The lowest BCUT2D eigenvalue weighted by atomic mass is 9.89. The summed E-state index contributed by atoms with van der Waals surface area (Å²) in [6.07, 6.45) is 8.18. The number of aryl methyl sites for hydroxylation is 2. The maximum absolute atomic E-state index is 10.3. The van der Waals surface area contributed by atoms with Crippen molar-refractivity contribution in [2.75, 3.05) is 0 Å². The number of hydrogen-bond donors (Lipinski definition) is 1. The first-order chi connectivity index (χ1) is 8.46. The van der Waals surface area contributed by atoms with Gasteiger partial charge in [-0.25, -0.2) is 0 Å². The van der Waals surface area contributed by atoms with Crippen molar-refractivity contribution in [2.45, 2.75) is 71.8 Å². The zero-order chi connectivity index (χ0) is 13.2. The summed E-state index contributed by atoms with van der Waals surface area (Å²) in [5.74, 6) is 0. The van der Waals surface area contributed by atoms with E-state index >= 15 is 0 Å². The molecule has 1 atom stereocenters. The van der Waals surface area contributed by atoms with Gasteiger partial charge in [-0.2, -0.15) is 0 Å². The molecule has 0 radical (unpaired) electrons. The van der Waals surface area contributed by atoms with E-state index in [4.69, 9.17) is 0 Å². The van der Waals surface area contributed by atoms with Gasteiger partial charge in [-0.3, -0.25) is 0 Å². The fourth-order valence-electron chi connectivity index (χ4n) is 2.57. The van der Waals surface area contributed by atoms with Gasteiger partial charge in [0.2, 0.25) is 0 Å². The summed E-state index contributed by atoms with van der Waals surface area (Å²) in [4.78, 5) is 2.74. The molecule has 0 amide bonds. The molecule has 1 aromatic heterocycles. The normalized spacial score (nSPS) is 18.2. The number of rotatable bonds is 3. The molecular formula is C16H26OS. The molecule has 18 heavy (non-hydrogen) atoms. The predicted octanol–water partition coefficient (Wildman–Crippen LogP) is 4.88. The Morgan fingerprint density at radius 3 is 2.67 bits per heavy atom. The molecule has 102 valence electrons. The van der Waals surface area contributed by atoms with E-state index in [1.807, 2.05) is 11.3 Å². The fourth-order valence-corrected chi connectivity index (χ4v) is 3.84. The van der Waals surface area contributed by atoms with Crippen LogP contribution < -0.4 is 0 Å². The molecule has 0 aromatic carbocycles. The average Bonchev–Trinajstić information content (AvgIpc) is 2.57. The smallest absolute Gasteiger partial charge is 0.0882 e. The van der Waals surface area contributed by atoms with Crippen molar-refractivity contribution >= 4 is 11.3 Å². The molecule has 0 bridgehead atoms. The van der Waals surface area contributed by atoms with Crippen LogP contribution >= 0.6 is 11.3 Å². The molecule has 1 aliphatic carbocycles. The van der Waals surface area contributed by atoms with Crippen molar-refractivity contribution in [3.63, 3.8) is 0 Å². The van der Waals surface area contributed by atoms with Crippen LogP contribution in [0.25, 0.3) is 0 Å². The monoisotopic (exact) mass is 266 g/mol. The van der Waals surface area contributed by atoms with E-state index in [2.05, 4.69) is 26.8 Å². The summed E-state index contributed by atoms with van der Waals surface area (Å²) >= 11 is 1.86. The van der Waals surface area contributed by atoms with Crippen molar-refractivity contribution in [1.82, 2.24) is 0 Å². The molecule has 1 aromatic rings. The number of thiophene rings is 1. The topological polar surface area (TPSA) is 20.2 Å². The largest absolute Gasteiger partial charge is 0.388 e. The van der Waals surface area contributed by atoms with E-state index in [0.29, 0.717) is 5.41 Å². The highest BCUT2D eigenvalue weighted by atomic mass is 32.1. The number of hydrogen-bond acceptors (Lipinski definition) is 2. The van der Waals surface area contributed by atoms with Crippen LogP contribution in [-0.4, -0.2) is 5.11 Å². The zero-order valence-electron chi connectivity index (χ0n) is 12.0. The Hall–Kier alpha value is -0.340. The Labute approximate surface area is 115 Å².